The number of hydrogen-bond acceptors (Lipinski definition) is 8. The minimum Gasteiger partial charge on any atom is -0.497 e. The monoisotopic (exact) mass is 473 g/mol. The number of carbonyl (C=O) groups is 1. The van der Waals surface area contributed by atoms with Gasteiger partial charge in [-0.1, -0.05) is 0 Å². The standard InChI is InChI=1S/C24H32FN5O4/c1-23(2)12-16(13-24(3,4)30(23)8-7-20(31)32)27-21-19(25)14-26-22(29-21)28-15-9-17(33-5)11-18(10-15)34-6/h7-11,14,16H,12-13H2,1-6H3,(H,31,32)(H2,26,27,28,29)/b8-7+. The zero-order chi connectivity index (χ0) is 25.1. The number of aliphatic carboxylic acids is 1. The van der Waals surface area contributed by atoms with Crippen LogP contribution >= 0.6 is 0 Å². The highest BCUT2D eigenvalue weighted by atomic mass is 19.1. The van der Waals surface area contributed by atoms with Crippen LogP contribution in [0.15, 0.2) is 36.7 Å². The fourth-order valence-electron chi connectivity index (χ4n) is 4.67. The Balaban J connectivity index is 1.80. The van der Waals surface area contributed by atoms with Crippen molar-refractivity contribution in [3.63, 3.8) is 0 Å². The van der Waals surface area contributed by atoms with Crippen molar-refractivity contribution < 1.29 is 23.8 Å². The molecule has 0 unspecified atom stereocenters. The molecule has 1 aromatic heterocycles. The van der Waals surface area contributed by atoms with Gasteiger partial charge in [0.05, 0.1) is 20.4 Å². The fourth-order valence-corrected chi connectivity index (χ4v) is 4.67. The minimum atomic E-state index is -0.997. The van der Waals surface area contributed by atoms with Crippen molar-refractivity contribution in [2.45, 2.75) is 57.7 Å². The summed E-state index contributed by atoms with van der Waals surface area (Å²) in [6, 6.07) is 5.17. The molecule has 2 aromatic rings. The van der Waals surface area contributed by atoms with E-state index in [-0.39, 0.29) is 28.9 Å². The molecule has 10 heteroatoms. The quantitative estimate of drug-likeness (QED) is 0.480. The van der Waals surface area contributed by atoms with Gasteiger partial charge >= 0.3 is 5.97 Å². The molecule has 1 aromatic carbocycles. The second-order valence-corrected chi connectivity index (χ2v) is 9.51. The van der Waals surface area contributed by atoms with Crippen LogP contribution in [0.25, 0.3) is 0 Å². The lowest BCUT2D eigenvalue weighted by Gasteiger charge is -2.55. The third-order valence-corrected chi connectivity index (χ3v) is 5.85. The number of nitrogens with zero attached hydrogens (tertiary/aromatic N) is 3. The zero-order valence-corrected chi connectivity index (χ0v) is 20.3. The molecule has 1 aliphatic rings. The Hall–Kier alpha value is -3.56. The summed E-state index contributed by atoms with van der Waals surface area (Å²) in [6.07, 6.45) is 5.19. The summed E-state index contributed by atoms with van der Waals surface area (Å²) in [7, 11) is 3.11. The molecular weight excluding hydrogens is 441 g/mol. The first-order valence-electron chi connectivity index (χ1n) is 10.9. The molecule has 0 spiro atoms. The summed E-state index contributed by atoms with van der Waals surface area (Å²) in [5.41, 5.74) is -0.102. The van der Waals surface area contributed by atoms with Gasteiger partial charge < -0.3 is 30.1 Å². The van der Waals surface area contributed by atoms with Gasteiger partial charge in [0, 0.05) is 53.3 Å². The molecule has 0 bridgehead atoms. The topological polar surface area (TPSA) is 109 Å². The molecule has 0 amide bonds. The predicted molar refractivity (Wildman–Crippen MR) is 128 cm³/mol. The van der Waals surface area contributed by atoms with Crippen molar-refractivity contribution in [3.05, 3.63) is 42.5 Å². The van der Waals surface area contributed by atoms with Gasteiger partial charge in [-0.05, 0) is 40.5 Å². The van der Waals surface area contributed by atoms with E-state index in [1.54, 1.807) is 38.6 Å². The summed E-state index contributed by atoms with van der Waals surface area (Å²) >= 11 is 0. The van der Waals surface area contributed by atoms with Crippen molar-refractivity contribution in [3.8, 4) is 11.5 Å². The first-order valence-corrected chi connectivity index (χ1v) is 10.9. The number of benzene rings is 1. The largest absolute Gasteiger partial charge is 0.497 e. The lowest BCUT2D eigenvalue weighted by molar-refractivity contribution is -0.131. The van der Waals surface area contributed by atoms with Crippen molar-refractivity contribution in [2.75, 3.05) is 24.9 Å². The van der Waals surface area contributed by atoms with Gasteiger partial charge in [0.1, 0.15) is 11.5 Å². The highest BCUT2D eigenvalue weighted by molar-refractivity contribution is 5.79. The summed E-state index contributed by atoms with van der Waals surface area (Å²) in [6.45, 7) is 8.14. The molecule has 1 saturated heterocycles. The molecule has 0 saturated carbocycles. The second-order valence-electron chi connectivity index (χ2n) is 9.51. The molecule has 2 heterocycles. The van der Waals surface area contributed by atoms with Gasteiger partial charge in [0.25, 0.3) is 0 Å². The van der Waals surface area contributed by atoms with Crippen molar-refractivity contribution >= 4 is 23.4 Å². The molecule has 1 fully saturated rings. The number of aromatic nitrogens is 2. The van der Waals surface area contributed by atoms with Crippen LogP contribution in [0, 0.1) is 5.82 Å². The second kappa shape index (κ2) is 9.74. The van der Waals surface area contributed by atoms with Crippen LogP contribution in [0.4, 0.5) is 21.8 Å². The number of halogens is 1. The Morgan fingerprint density at radius 1 is 1.15 bits per heavy atom. The van der Waals surface area contributed by atoms with E-state index in [9.17, 15) is 9.18 Å². The average molecular weight is 474 g/mol. The Labute approximate surface area is 199 Å². The number of ether oxygens (including phenoxy) is 2. The third kappa shape index (κ3) is 5.86. The number of carboxylic acids is 1. The fraction of sp³-hybridized carbons (Fsp3) is 0.458. The van der Waals surface area contributed by atoms with Gasteiger partial charge in [-0.3, -0.25) is 0 Å². The molecule has 3 N–H and O–H groups in total. The molecule has 9 nitrogen and oxygen atoms in total. The van der Waals surface area contributed by atoms with E-state index in [4.69, 9.17) is 14.6 Å². The number of methoxy groups -OCH3 is 2. The number of hydrogen-bond donors (Lipinski definition) is 3. The van der Waals surface area contributed by atoms with E-state index < -0.39 is 11.8 Å². The van der Waals surface area contributed by atoms with Crippen molar-refractivity contribution in [1.29, 1.82) is 0 Å². The van der Waals surface area contributed by atoms with Crippen LogP contribution in [0.2, 0.25) is 0 Å². The van der Waals surface area contributed by atoms with Gasteiger partial charge in [-0.15, -0.1) is 0 Å². The molecule has 0 aliphatic carbocycles. The lowest BCUT2D eigenvalue weighted by Crippen LogP contribution is -2.60. The highest BCUT2D eigenvalue weighted by Gasteiger charge is 2.44. The number of carboxylic acid groups (broad SMARTS) is 1. The maximum Gasteiger partial charge on any atom is 0.329 e. The summed E-state index contributed by atoms with van der Waals surface area (Å²) in [5, 5.41) is 15.3. The normalized spacial score (nSPS) is 17.4. The first kappa shape index (κ1) is 25.1. The van der Waals surface area contributed by atoms with Crippen LogP contribution in [-0.4, -0.2) is 57.3 Å². The van der Waals surface area contributed by atoms with Crippen LogP contribution in [0.3, 0.4) is 0 Å². The summed E-state index contributed by atoms with van der Waals surface area (Å²) in [4.78, 5) is 21.5. The van der Waals surface area contributed by atoms with Crippen LogP contribution in [0.5, 0.6) is 11.5 Å². The molecule has 0 atom stereocenters. The molecule has 34 heavy (non-hydrogen) atoms. The molecule has 1 aliphatic heterocycles. The summed E-state index contributed by atoms with van der Waals surface area (Å²) < 4.78 is 25.2. The van der Waals surface area contributed by atoms with E-state index in [1.807, 2.05) is 32.6 Å². The SMILES string of the molecule is COc1cc(Nc2ncc(F)c(NC3CC(C)(C)N(/C=C/C(=O)O)C(C)(C)C3)n2)cc(OC)c1. The number of rotatable bonds is 8. The van der Waals surface area contributed by atoms with Crippen LogP contribution < -0.4 is 20.1 Å². The van der Waals surface area contributed by atoms with Gasteiger partial charge in [-0.2, -0.15) is 4.98 Å². The zero-order valence-electron chi connectivity index (χ0n) is 20.3. The van der Waals surface area contributed by atoms with Crippen LogP contribution in [0.1, 0.15) is 40.5 Å². The number of likely N-dealkylation sites (tertiary alicyclic amines) is 1. The molecule has 184 valence electrons. The van der Waals surface area contributed by atoms with E-state index in [2.05, 4.69) is 20.6 Å². The van der Waals surface area contributed by atoms with Gasteiger partial charge in [-0.25, -0.2) is 14.2 Å². The maximum absolute atomic E-state index is 14.6. The van der Waals surface area contributed by atoms with Gasteiger partial charge in [0.15, 0.2) is 11.6 Å². The Morgan fingerprint density at radius 2 is 1.74 bits per heavy atom. The van der Waals surface area contributed by atoms with E-state index in [0.29, 0.717) is 30.0 Å². The number of anilines is 3. The Morgan fingerprint density at radius 3 is 2.26 bits per heavy atom. The predicted octanol–water partition coefficient (Wildman–Crippen LogP) is 4.41. The van der Waals surface area contributed by atoms with Crippen molar-refractivity contribution in [2.24, 2.45) is 0 Å². The third-order valence-electron chi connectivity index (χ3n) is 5.85. The lowest BCUT2D eigenvalue weighted by atomic mass is 9.77. The average Bonchev–Trinajstić information content (AvgIpc) is 2.73. The molecule has 0 radical (unpaired) electrons. The number of piperidine rings is 1. The first-order chi connectivity index (χ1) is 15.9. The number of nitrogens with one attached hydrogen (secondary N) is 2. The van der Waals surface area contributed by atoms with Gasteiger partial charge in [0.2, 0.25) is 5.95 Å². The van der Waals surface area contributed by atoms with E-state index >= 15 is 0 Å². The summed E-state index contributed by atoms with van der Waals surface area (Å²) in [5.74, 6) is -0.0508. The van der Waals surface area contributed by atoms with E-state index in [1.165, 1.54) is 0 Å². The minimum absolute atomic E-state index is 0.0892. The smallest absolute Gasteiger partial charge is 0.329 e. The molecular formula is C24H32FN5O4. The van der Waals surface area contributed by atoms with Crippen molar-refractivity contribution in [1.82, 2.24) is 14.9 Å². The highest BCUT2D eigenvalue weighted by Crippen LogP contribution is 2.40. The Bertz CT molecular complexity index is 1030. The van der Waals surface area contributed by atoms with Crippen LogP contribution in [-0.2, 0) is 4.79 Å². The molecule has 3 rings (SSSR count). The Kier molecular flexibility index (Phi) is 7.18. The maximum atomic E-state index is 14.6. The van der Waals surface area contributed by atoms with E-state index in [0.717, 1.165) is 12.3 Å².